The zero-order valence-corrected chi connectivity index (χ0v) is 46.8. The molecule has 2 aromatic carbocycles. The largest absolute Gasteiger partial charge is 0.461 e. The van der Waals surface area contributed by atoms with Gasteiger partial charge >= 0.3 is 24.1 Å². The number of fused-ring (bicyclic) bond motifs is 2. The lowest BCUT2D eigenvalue weighted by Gasteiger charge is -2.31. The zero-order valence-electron chi connectivity index (χ0n) is 50.8. The van der Waals surface area contributed by atoms with Crippen molar-refractivity contribution in [1.82, 2.24) is 40.6 Å². The molecule has 6 rings (SSSR count). The van der Waals surface area contributed by atoms with Crippen LogP contribution >= 0.6 is 0 Å². The predicted molar refractivity (Wildman–Crippen MR) is 286 cm³/mol. The Morgan fingerprint density at radius 3 is 1.87 bits per heavy atom. The summed E-state index contributed by atoms with van der Waals surface area (Å²) in [5.74, 6) is -7.89. The molecule has 9 unspecified atom stereocenters. The summed E-state index contributed by atoms with van der Waals surface area (Å²) in [5, 5.41) is 6.35. The minimum Gasteiger partial charge on any atom is -0.461 e. The minimum atomic E-state index is -2.37. The van der Waals surface area contributed by atoms with Crippen LogP contribution in [-0.2, 0) is 54.1 Å². The SMILES string of the molecule is [2H]c1cc(F)cc2c1c(CC1CC(OC(C)=O)CN1C(=O)C(CC)NC(=O)C(C)N(C)C(=O)OC(C)(C)C)c(-c1[nH]c3cc(F)ccc3c1C(C(=O)C(CC)NC(=O)C(C)N(C)C(=O)OC(C)(C)C)C1([2H])CC(OC(C)=O)CN1[2H])n2[2H]. The second kappa shape index (κ2) is 24.3. The van der Waals surface area contributed by atoms with Gasteiger partial charge in [-0.2, -0.15) is 0 Å². The third-order valence-corrected chi connectivity index (χ3v) is 13.7. The number of aromatic amines is 2. The monoisotopic (exact) mass is 1090 g/mol. The molecule has 9 atom stereocenters. The Bertz CT molecular complexity index is 3140. The number of halogens is 2. The molecule has 2 aromatic heterocycles. The van der Waals surface area contributed by atoms with Crippen molar-refractivity contribution in [3.8, 4) is 11.4 Å². The number of benzene rings is 2. The summed E-state index contributed by atoms with van der Waals surface area (Å²) in [4.78, 5) is 117. The molecule has 426 valence electrons. The van der Waals surface area contributed by atoms with Crippen molar-refractivity contribution in [1.29, 1.82) is 0 Å². The fraction of sp³-hybridized carbons (Fsp3) is 0.571. The first kappa shape index (κ1) is 54.3. The number of likely N-dealkylation sites (tertiary alicyclic amines) is 1. The number of likely N-dealkylation sites (N-methyl/N-ethyl adjacent to an activating group) is 2. The molecular weight excluding hydrogens is 1010 g/mol. The number of rotatable bonds is 18. The summed E-state index contributed by atoms with van der Waals surface area (Å²) < 4.78 is 91.9. The highest BCUT2D eigenvalue weighted by molar-refractivity contribution is 6.03. The number of carbonyl (C=O) groups excluding carboxylic acids is 8. The van der Waals surface area contributed by atoms with Gasteiger partial charge in [0.05, 0.1) is 31.3 Å². The van der Waals surface area contributed by atoms with Crippen LogP contribution in [0.4, 0.5) is 18.4 Å². The van der Waals surface area contributed by atoms with Gasteiger partial charge in [-0.3, -0.25) is 38.6 Å². The standard InChI is InChI=1S/C56H76F2N8O12/c1-15-40(62-50(70)28(3)64(13)53(73)77-55(7,8)9)49(69)46(44-25-35(26-59-44)75-30(5)67)45-38-20-18-33(58)22-43(38)61-48(45)47-39(37-19-17-32(57)21-42(37)60-47)24-34-23-36(76-31(6)68)27-66(34)52(72)41(16-2)63-51(71)29(4)65(14)54(74)78-56(10,11)12/h17-22,28-29,34-36,40-41,44,46,59-61H,15-16,23-27H2,1-14H3,(H,62,70)(H,63,71)/i19D,44D/hD2. The molecule has 2 saturated heterocycles. The maximum Gasteiger partial charge on any atom is 0.410 e. The minimum absolute atomic E-state index is 0.00744. The number of Topliss-reactive ketones (excluding diaryl/α,β-unsaturated/α-hetero) is 1. The van der Waals surface area contributed by atoms with E-state index in [0.29, 0.717) is 0 Å². The second-order valence-electron chi connectivity index (χ2n) is 22.0. The van der Waals surface area contributed by atoms with Crippen molar-refractivity contribution in [2.24, 2.45) is 0 Å². The van der Waals surface area contributed by atoms with E-state index in [-0.39, 0.29) is 83.1 Å². The van der Waals surface area contributed by atoms with E-state index in [9.17, 15) is 39.1 Å². The van der Waals surface area contributed by atoms with Gasteiger partial charge in [0.25, 0.3) is 0 Å². The van der Waals surface area contributed by atoms with Crippen LogP contribution in [-0.4, -0.2) is 159 Å². The van der Waals surface area contributed by atoms with E-state index in [4.69, 9.17) is 18.9 Å². The van der Waals surface area contributed by atoms with Crippen molar-refractivity contribution in [2.45, 2.75) is 181 Å². The van der Waals surface area contributed by atoms with Crippen LogP contribution in [0.2, 0.25) is 2.82 Å². The summed E-state index contributed by atoms with van der Waals surface area (Å²) in [6.07, 6.45) is -4.48. The Hall–Kier alpha value is -7.10. The third kappa shape index (κ3) is 14.1. The fourth-order valence-corrected chi connectivity index (χ4v) is 9.68. The van der Waals surface area contributed by atoms with Gasteiger partial charge in [0, 0.05) is 82.6 Å². The maximum absolute atomic E-state index is 15.9. The van der Waals surface area contributed by atoms with E-state index in [1.807, 2.05) is 0 Å². The lowest BCUT2D eigenvalue weighted by Crippen LogP contribution is -2.55. The van der Waals surface area contributed by atoms with Crippen molar-refractivity contribution in [2.75, 3.05) is 27.2 Å². The molecule has 0 spiro atoms. The van der Waals surface area contributed by atoms with Crippen LogP contribution < -0.4 is 15.9 Å². The number of ether oxygens (including phenoxy) is 4. The molecule has 22 heteroatoms. The number of hydrogen-bond donors (Lipinski definition) is 5. The Morgan fingerprint density at radius 2 is 1.32 bits per heavy atom. The summed E-state index contributed by atoms with van der Waals surface area (Å²) in [7, 11) is 2.71. The average Bonchev–Trinajstić information content (AvgIpc) is 4.04. The molecule has 0 saturated carbocycles. The first-order valence-electron chi connectivity index (χ1n) is 28.0. The van der Waals surface area contributed by atoms with Crippen LogP contribution in [0, 0.1) is 11.6 Å². The summed E-state index contributed by atoms with van der Waals surface area (Å²) in [6.45, 7) is 17.8. The highest BCUT2D eigenvalue weighted by Gasteiger charge is 2.45. The maximum atomic E-state index is 15.9. The van der Waals surface area contributed by atoms with E-state index in [1.54, 1.807) is 55.4 Å². The van der Waals surface area contributed by atoms with Gasteiger partial charge in [0.1, 0.15) is 54.6 Å². The lowest BCUT2D eigenvalue weighted by atomic mass is 9.80. The molecule has 2 fully saturated rings. The number of nitrogens with one attached hydrogen (secondary N) is 5. The number of hydrogen-bond acceptors (Lipinski definition) is 13. The molecule has 4 heterocycles. The quantitative estimate of drug-likeness (QED) is 0.0502. The normalized spacial score (nSPS) is 21.5. The number of H-pyrrole nitrogens is 2. The number of nitrogens with zero attached hydrogens (tertiary/aromatic N) is 3. The fourth-order valence-electron chi connectivity index (χ4n) is 9.68. The smallest absolute Gasteiger partial charge is 0.410 e. The van der Waals surface area contributed by atoms with Gasteiger partial charge < -0.3 is 49.8 Å². The van der Waals surface area contributed by atoms with Crippen LogP contribution in [0.3, 0.4) is 0 Å². The number of aromatic nitrogens is 2. The molecule has 2 aliphatic rings. The number of amides is 5. The van der Waals surface area contributed by atoms with Gasteiger partial charge in [-0.1, -0.05) is 13.8 Å². The predicted octanol–water partition coefficient (Wildman–Crippen LogP) is 6.92. The van der Waals surface area contributed by atoms with Gasteiger partial charge in [0.15, 0.2) is 7.20 Å². The van der Waals surface area contributed by atoms with Gasteiger partial charge in [-0.15, -0.1) is 0 Å². The molecular formula is C56H76F2N8O12. The van der Waals surface area contributed by atoms with Crippen molar-refractivity contribution in [3.63, 3.8) is 0 Å². The van der Waals surface area contributed by atoms with Crippen molar-refractivity contribution >= 4 is 69.4 Å². The number of esters is 2. The molecule has 0 aliphatic carbocycles. The highest BCUT2D eigenvalue weighted by atomic mass is 19.1. The van der Waals surface area contributed by atoms with E-state index < -0.39 is 137 Å². The molecule has 0 bridgehead atoms. The average molecular weight is 1100 g/mol. The van der Waals surface area contributed by atoms with Crippen molar-refractivity contribution in [3.05, 3.63) is 59.1 Å². The molecule has 5 N–H and O–H groups in total. The van der Waals surface area contributed by atoms with Gasteiger partial charge in [0.2, 0.25) is 17.7 Å². The first-order chi connectivity index (χ1) is 38.0. The second-order valence-corrected chi connectivity index (χ2v) is 22.0. The Labute approximate surface area is 459 Å². The van der Waals surface area contributed by atoms with Crippen LogP contribution in [0.25, 0.3) is 33.2 Å². The third-order valence-electron chi connectivity index (χ3n) is 13.7. The van der Waals surface area contributed by atoms with E-state index >= 15 is 13.6 Å². The lowest BCUT2D eigenvalue weighted by molar-refractivity contribution is -0.147. The molecule has 4 aromatic rings. The Morgan fingerprint density at radius 1 is 0.782 bits per heavy atom. The molecule has 0 radical (unpaired) electrons. The van der Waals surface area contributed by atoms with Crippen molar-refractivity contribution < 1.29 is 71.6 Å². The number of carbonyl (C=O) groups is 8. The molecule has 5 amide bonds. The zero-order chi connectivity index (χ0) is 61.4. The van der Waals surface area contributed by atoms with Gasteiger partial charge in [-0.25, -0.2) is 18.4 Å². The molecule has 20 nitrogen and oxygen atoms in total. The summed E-state index contributed by atoms with van der Waals surface area (Å²) in [5.41, 5.74) is -2.21. The Kier molecular flexibility index (Phi) is 16.9. The van der Waals surface area contributed by atoms with Crippen LogP contribution in [0.15, 0.2) is 36.4 Å². The molecule has 78 heavy (non-hydrogen) atoms. The topological polar surface area (TPSA) is 251 Å². The number of ketones is 1. The van der Waals surface area contributed by atoms with Crippen LogP contribution in [0.1, 0.15) is 129 Å². The molecule has 2 aliphatic heterocycles. The summed E-state index contributed by atoms with van der Waals surface area (Å²) >= 11 is 0. The Balaban J connectivity index is 1.55. The van der Waals surface area contributed by atoms with Crippen LogP contribution in [0.5, 0.6) is 0 Å². The highest BCUT2D eigenvalue weighted by Crippen LogP contribution is 2.44. The van der Waals surface area contributed by atoms with Gasteiger partial charge in [-0.05, 0) is 122 Å². The van der Waals surface area contributed by atoms with E-state index in [2.05, 4.69) is 15.6 Å². The summed E-state index contributed by atoms with van der Waals surface area (Å²) in [6, 6.07) is -3.32. The van der Waals surface area contributed by atoms with E-state index in [1.165, 1.54) is 45.8 Å². The first-order valence-corrected chi connectivity index (χ1v) is 26.1. The van der Waals surface area contributed by atoms with E-state index in [0.717, 1.165) is 51.3 Å².